The zero-order chi connectivity index (χ0) is 13.7. The molecule has 0 aromatic rings. The Morgan fingerprint density at radius 1 is 1.26 bits per heavy atom. The first-order chi connectivity index (χ1) is 9.24. The van der Waals surface area contributed by atoms with Gasteiger partial charge in [0.1, 0.15) is 0 Å². The largest absolute Gasteiger partial charge is 0.353 e. The van der Waals surface area contributed by atoms with Crippen LogP contribution in [-0.2, 0) is 4.79 Å². The van der Waals surface area contributed by atoms with E-state index in [0.717, 1.165) is 30.9 Å². The minimum Gasteiger partial charge on any atom is -0.353 e. The maximum atomic E-state index is 12.4. The van der Waals surface area contributed by atoms with Crippen LogP contribution in [0.3, 0.4) is 0 Å². The summed E-state index contributed by atoms with van der Waals surface area (Å²) in [5.41, 5.74) is 5.77. The molecule has 0 radical (unpaired) electrons. The molecule has 0 aromatic carbocycles. The molecule has 2 fully saturated rings. The van der Waals surface area contributed by atoms with Crippen LogP contribution in [0.4, 0.5) is 0 Å². The Balaban J connectivity index is 1.81. The van der Waals surface area contributed by atoms with E-state index in [0.29, 0.717) is 18.5 Å². The molecule has 2 unspecified atom stereocenters. The highest BCUT2D eigenvalue weighted by Crippen LogP contribution is 2.32. The van der Waals surface area contributed by atoms with Crippen LogP contribution in [0, 0.1) is 11.8 Å². The Bertz CT molecular complexity index is 296. The average Bonchev–Trinajstić information content (AvgIpc) is 2.88. The molecule has 4 atom stereocenters. The second-order valence-electron chi connectivity index (χ2n) is 5.98. The number of thioether (sulfide) groups is 1. The van der Waals surface area contributed by atoms with Gasteiger partial charge < -0.3 is 11.1 Å². The van der Waals surface area contributed by atoms with E-state index >= 15 is 0 Å². The van der Waals surface area contributed by atoms with E-state index in [1.807, 2.05) is 11.8 Å². The maximum absolute atomic E-state index is 12.4. The predicted molar refractivity (Wildman–Crippen MR) is 82.2 cm³/mol. The third-order valence-electron chi connectivity index (χ3n) is 4.67. The third kappa shape index (κ3) is 4.12. The highest BCUT2D eigenvalue weighted by atomic mass is 32.2. The Kier molecular flexibility index (Phi) is 6.02. The zero-order valence-electron chi connectivity index (χ0n) is 12.1. The molecule has 110 valence electrons. The summed E-state index contributed by atoms with van der Waals surface area (Å²) in [5, 5.41) is 4.05. The molecular formula is C15H28N2OS. The Labute approximate surface area is 121 Å². The number of amides is 1. The molecule has 4 heteroatoms. The molecule has 0 heterocycles. The summed E-state index contributed by atoms with van der Waals surface area (Å²) < 4.78 is 0. The van der Waals surface area contributed by atoms with E-state index in [4.69, 9.17) is 5.73 Å². The molecule has 0 spiro atoms. The van der Waals surface area contributed by atoms with Crippen molar-refractivity contribution in [2.24, 2.45) is 17.6 Å². The molecule has 3 nitrogen and oxygen atoms in total. The normalized spacial score (nSPS) is 35.3. The van der Waals surface area contributed by atoms with Gasteiger partial charge >= 0.3 is 0 Å². The number of rotatable bonds is 5. The molecule has 19 heavy (non-hydrogen) atoms. The van der Waals surface area contributed by atoms with E-state index < -0.39 is 0 Å². The number of carbonyl (C=O) groups excluding carboxylic acids is 1. The molecule has 2 rings (SSSR count). The van der Waals surface area contributed by atoms with Crippen LogP contribution in [0.25, 0.3) is 0 Å². The van der Waals surface area contributed by atoms with Gasteiger partial charge in [0.25, 0.3) is 0 Å². The molecule has 2 aliphatic carbocycles. The lowest BCUT2D eigenvalue weighted by atomic mass is 9.92. The highest BCUT2D eigenvalue weighted by molar-refractivity contribution is 7.99. The lowest BCUT2D eigenvalue weighted by Crippen LogP contribution is -2.43. The summed E-state index contributed by atoms with van der Waals surface area (Å²) in [6.45, 7) is 2.88. The lowest BCUT2D eigenvalue weighted by Gasteiger charge is -2.30. The van der Waals surface area contributed by atoms with Crippen LogP contribution in [0.15, 0.2) is 0 Å². The van der Waals surface area contributed by atoms with Crippen LogP contribution >= 0.6 is 11.8 Å². The Morgan fingerprint density at radius 3 is 2.79 bits per heavy atom. The predicted octanol–water partition coefficient (Wildman–Crippen LogP) is 2.54. The minimum atomic E-state index is 0.184. The van der Waals surface area contributed by atoms with Crippen molar-refractivity contribution >= 4 is 17.7 Å². The molecule has 1 amide bonds. The van der Waals surface area contributed by atoms with Crippen LogP contribution in [0.5, 0.6) is 0 Å². The molecular weight excluding hydrogens is 256 g/mol. The SMILES string of the molecule is CCSC1CCCC(NC(=O)[C@@H]2CCC[C@@H]2CN)C1. The smallest absolute Gasteiger partial charge is 0.223 e. The average molecular weight is 284 g/mol. The van der Waals surface area contributed by atoms with Crippen LogP contribution in [0.2, 0.25) is 0 Å². The molecule has 0 aromatic heterocycles. The standard InChI is InChI=1S/C15H28N2OS/c1-2-19-13-7-4-6-12(9-13)17-15(18)14-8-3-5-11(14)10-16/h11-14H,2-10,16H2,1H3,(H,17,18)/t11-,12?,13?,14-/m1/s1. The van der Waals surface area contributed by atoms with Crippen molar-refractivity contribution in [3.63, 3.8) is 0 Å². The van der Waals surface area contributed by atoms with Crippen molar-refractivity contribution < 1.29 is 4.79 Å². The fraction of sp³-hybridized carbons (Fsp3) is 0.933. The fourth-order valence-electron chi connectivity index (χ4n) is 3.64. The number of nitrogens with one attached hydrogen (secondary N) is 1. The lowest BCUT2D eigenvalue weighted by molar-refractivity contribution is -0.126. The van der Waals surface area contributed by atoms with Crippen molar-refractivity contribution in [2.45, 2.75) is 63.2 Å². The monoisotopic (exact) mass is 284 g/mol. The second-order valence-corrected chi connectivity index (χ2v) is 7.56. The highest BCUT2D eigenvalue weighted by Gasteiger charge is 2.33. The van der Waals surface area contributed by atoms with E-state index in [1.165, 1.54) is 25.0 Å². The molecule has 0 bridgehead atoms. The molecule has 0 saturated heterocycles. The van der Waals surface area contributed by atoms with Gasteiger partial charge in [-0.3, -0.25) is 4.79 Å². The number of hydrogen-bond donors (Lipinski definition) is 2. The second kappa shape index (κ2) is 7.53. The molecule has 3 N–H and O–H groups in total. The van der Waals surface area contributed by atoms with Crippen LogP contribution < -0.4 is 11.1 Å². The van der Waals surface area contributed by atoms with E-state index in [9.17, 15) is 4.79 Å². The van der Waals surface area contributed by atoms with E-state index in [2.05, 4.69) is 12.2 Å². The Morgan fingerprint density at radius 2 is 2.05 bits per heavy atom. The summed E-state index contributed by atoms with van der Waals surface area (Å²) in [5.74, 6) is 2.07. The molecule has 2 aliphatic rings. The van der Waals surface area contributed by atoms with Gasteiger partial charge in [0, 0.05) is 17.2 Å². The van der Waals surface area contributed by atoms with Gasteiger partial charge in [-0.05, 0) is 50.3 Å². The minimum absolute atomic E-state index is 0.184. The number of hydrogen-bond acceptors (Lipinski definition) is 3. The van der Waals surface area contributed by atoms with E-state index in [1.54, 1.807) is 0 Å². The number of nitrogens with two attached hydrogens (primary N) is 1. The van der Waals surface area contributed by atoms with Crippen LogP contribution in [-0.4, -0.2) is 29.5 Å². The van der Waals surface area contributed by atoms with Crippen molar-refractivity contribution in [1.82, 2.24) is 5.32 Å². The molecule has 2 saturated carbocycles. The maximum Gasteiger partial charge on any atom is 0.223 e. The number of carbonyl (C=O) groups is 1. The van der Waals surface area contributed by atoms with E-state index in [-0.39, 0.29) is 11.8 Å². The summed E-state index contributed by atoms with van der Waals surface area (Å²) in [6.07, 6.45) is 8.23. The van der Waals surface area contributed by atoms with Gasteiger partial charge in [-0.2, -0.15) is 11.8 Å². The third-order valence-corrected chi connectivity index (χ3v) is 5.91. The van der Waals surface area contributed by atoms with Crippen molar-refractivity contribution in [3.8, 4) is 0 Å². The molecule has 0 aliphatic heterocycles. The quantitative estimate of drug-likeness (QED) is 0.816. The van der Waals surface area contributed by atoms with Gasteiger partial charge in [-0.1, -0.05) is 19.8 Å². The first-order valence-corrected chi connectivity index (χ1v) is 8.91. The van der Waals surface area contributed by atoms with Gasteiger partial charge in [0.15, 0.2) is 0 Å². The van der Waals surface area contributed by atoms with Crippen molar-refractivity contribution in [1.29, 1.82) is 0 Å². The van der Waals surface area contributed by atoms with Gasteiger partial charge in [0.2, 0.25) is 5.91 Å². The topological polar surface area (TPSA) is 55.1 Å². The Hall–Kier alpha value is -0.220. The van der Waals surface area contributed by atoms with Crippen LogP contribution in [0.1, 0.15) is 51.9 Å². The van der Waals surface area contributed by atoms with Crippen molar-refractivity contribution in [2.75, 3.05) is 12.3 Å². The van der Waals surface area contributed by atoms with Gasteiger partial charge in [0.05, 0.1) is 0 Å². The zero-order valence-corrected chi connectivity index (χ0v) is 12.9. The first-order valence-electron chi connectivity index (χ1n) is 7.86. The van der Waals surface area contributed by atoms with Crippen molar-refractivity contribution in [3.05, 3.63) is 0 Å². The van der Waals surface area contributed by atoms with Gasteiger partial charge in [-0.15, -0.1) is 0 Å². The fourth-order valence-corrected chi connectivity index (χ4v) is 4.81. The summed E-state index contributed by atoms with van der Waals surface area (Å²) >= 11 is 2.05. The first kappa shape index (κ1) is 15.2. The van der Waals surface area contributed by atoms with Gasteiger partial charge in [-0.25, -0.2) is 0 Å². The summed E-state index contributed by atoms with van der Waals surface area (Å²) in [7, 11) is 0. The summed E-state index contributed by atoms with van der Waals surface area (Å²) in [6, 6.07) is 0.407. The summed E-state index contributed by atoms with van der Waals surface area (Å²) in [4.78, 5) is 12.4.